The van der Waals surface area contributed by atoms with E-state index in [1.165, 1.54) is 4.88 Å². The third-order valence-electron chi connectivity index (χ3n) is 3.57. The van der Waals surface area contributed by atoms with Crippen LogP contribution in [0.5, 0.6) is 0 Å². The fourth-order valence-electron chi connectivity index (χ4n) is 2.39. The van der Waals surface area contributed by atoms with Gasteiger partial charge in [0.2, 0.25) is 0 Å². The molecule has 134 valence electrons. The first kappa shape index (κ1) is 19.3. The molecule has 0 bridgehead atoms. The van der Waals surface area contributed by atoms with Gasteiger partial charge in [-0.05, 0) is 27.7 Å². The molecule has 0 spiro atoms. The van der Waals surface area contributed by atoms with Gasteiger partial charge in [0.15, 0.2) is 5.13 Å². The van der Waals surface area contributed by atoms with Crippen LogP contribution >= 0.6 is 22.7 Å². The number of anilines is 1. The number of nitrogens with zero attached hydrogens (tertiary/aromatic N) is 2. The van der Waals surface area contributed by atoms with E-state index in [9.17, 15) is 0 Å². The predicted octanol–water partition coefficient (Wildman–Crippen LogP) is 3.73. The monoisotopic (exact) mass is 367 g/mol. The molecule has 2 rings (SSSR count). The molecule has 2 aromatic heterocycles. The van der Waals surface area contributed by atoms with Gasteiger partial charge in [-0.2, -0.15) is 0 Å². The van der Waals surface area contributed by atoms with E-state index in [1.807, 2.05) is 6.20 Å². The summed E-state index contributed by atoms with van der Waals surface area (Å²) >= 11 is 3.41. The second-order valence-electron chi connectivity index (χ2n) is 7.01. The zero-order chi connectivity index (χ0) is 17.7. The molecule has 0 aromatic carbocycles. The van der Waals surface area contributed by atoms with Gasteiger partial charge in [0.05, 0.1) is 11.2 Å². The summed E-state index contributed by atoms with van der Waals surface area (Å²) in [5, 5.41) is 14.7. The fraction of sp³-hybridized carbons (Fsp3) is 0.647. The van der Waals surface area contributed by atoms with E-state index in [1.54, 1.807) is 22.7 Å². The Hall–Kier alpha value is -1.02. The summed E-state index contributed by atoms with van der Waals surface area (Å²) in [6, 6.07) is 0.786. The van der Waals surface area contributed by atoms with Gasteiger partial charge in [0, 0.05) is 41.6 Å². The molecule has 0 amide bonds. The molecule has 7 heteroatoms. The van der Waals surface area contributed by atoms with Crippen LogP contribution in [0.25, 0.3) is 0 Å². The smallest absolute Gasteiger partial charge is 0.182 e. The second-order valence-corrected chi connectivity index (χ2v) is 9.10. The van der Waals surface area contributed by atoms with Crippen LogP contribution < -0.4 is 16.0 Å². The maximum absolute atomic E-state index is 4.62. The Morgan fingerprint density at radius 1 is 1.25 bits per heavy atom. The number of rotatable bonds is 9. The fourth-order valence-corrected chi connectivity index (χ4v) is 3.94. The third-order valence-corrected chi connectivity index (χ3v) is 5.65. The highest BCUT2D eigenvalue weighted by molar-refractivity contribution is 7.13. The summed E-state index contributed by atoms with van der Waals surface area (Å²) in [6.45, 7) is 14.6. The number of aryl methyl sites for hydroxylation is 1. The maximum atomic E-state index is 4.62. The third kappa shape index (κ3) is 5.81. The Balaban J connectivity index is 1.81. The summed E-state index contributed by atoms with van der Waals surface area (Å²) < 4.78 is 0. The maximum Gasteiger partial charge on any atom is 0.182 e. The highest BCUT2D eigenvalue weighted by Gasteiger charge is 2.25. The van der Waals surface area contributed by atoms with Crippen molar-refractivity contribution in [2.45, 2.75) is 65.7 Å². The topological polar surface area (TPSA) is 61.9 Å². The van der Waals surface area contributed by atoms with Crippen LogP contribution in [0.3, 0.4) is 0 Å². The van der Waals surface area contributed by atoms with Crippen LogP contribution in [0.2, 0.25) is 0 Å². The predicted molar refractivity (Wildman–Crippen MR) is 105 cm³/mol. The van der Waals surface area contributed by atoms with Crippen LogP contribution in [0, 0.1) is 6.92 Å². The van der Waals surface area contributed by atoms with Gasteiger partial charge in [-0.1, -0.05) is 13.8 Å². The Morgan fingerprint density at radius 3 is 2.62 bits per heavy atom. The lowest BCUT2D eigenvalue weighted by Crippen LogP contribution is -2.45. The van der Waals surface area contributed by atoms with E-state index in [-0.39, 0.29) is 5.54 Å². The number of thiazole rings is 2. The van der Waals surface area contributed by atoms with Gasteiger partial charge in [0.1, 0.15) is 5.01 Å². The quantitative estimate of drug-likeness (QED) is 0.630. The number of hydrogen-bond donors (Lipinski definition) is 3. The zero-order valence-electron chi connectivity index (χ0n) is 15.4. The lowest BCUT2D eigenvalue weighted by Gasteiger charge is -2.28. The minimum absolute atomic E-state index is 0.130. The first-order chi connectivity index (χ1) is 11.3. The molecule has 0 saturated carbocycles. The normalized spacial score (nSPS) is 13.5. The van der Waals surface area contributed by atoms with Crippen LogP contribution in [-0.2, 0) is 12.1 Å². The molecule has 0 aliphatic carbocycles. The van der Waals surface area contributed by atoms with Gasteiger partial charge in [-0.25, -0.2) is 9.97 Å². The van der Waals surface area contributed by atoms with Crippen LogP contribution in [0.15, 0.2) is 11.6 Å². The Labute approximate surface area is 153 Å². The number of hydrogen-bond acceptors (Lipinski definition) is 7. The van der Waals surface area contributed by atoms with E-state index in [0.717, 1.165) is 28.9 Å². The lowest BCUT2D eigenvalue weighted by molar-refractivity contribution is 0.358. The highest BCUT2D eigenvalue weighted by atomic mass is 32.1. The molecule has 0 aliphatic heterocycles. The van der Waals surface area contributed by atoms with Crippen molar-refractivity contribution >= 4 is 27.8 Å². The van der Waals surface area contributed by atoms with E-state index in [2.05, 4.69) is 72.8 Å². The second kappa shape index (κ2) is 8.38. The van der Waals surface area contributed by atoms with E-state index < -0.39 is 0 Å². The van der Waals surface area contributed by atoms with Gasteiger partial charge in [-0.15, -0.1) is 22.7 Å². The van der Waals surface area contributed by atoms with Gasteiger partial charge >= 0.3 is 0 Å². The summed E-state index contributed by atoms with van der Waals surface area (Å²) in [5.41, 5.74) is 0.963. The lowest BCUT2D eigenvalue weighted by atomic mass is 10.1. The molecular weight excluding hydrogens is 338 g/mol. The van der Waals surface area contributed by atoms with Crippen molar-refractivity contribution in [1.82, 2.24) is 20.6 Å². The van der Waals surface area contributed by atoms with Gasteiger partial charge in [-0.3, -0.25) is 0 Å². The van der Waals surface area contributed by atoms with Crippen molar-refractivity contribution in [2.24, 2.45) is 0 Å². The Morgan fingerprint density at radius 2 is 2.00 bits per heavy atom. The van der Waals surface area contributed by atoms with E-state index >= 15 is 0 Å². The van der Waals surface area contributed by atoms with E-state index in [4.69, 9.17) is 0 Å². The minimum Gasteiger partial charge on any atom is -0.360 e. The molecule has 0 saturated heterocycles. The molecule has 2 aromatic rings. The number of nitrogens with one attached hydrogen (secondary N) is 3. The van der Waals surface area contributed by atoms with Gasteiger partial charge in [0.25, 0.3) is 0 Å². The summed E-state index contributed by atoms with van der Waals surface area (Å²) in [5.74, 6) is 0. The van der Waals surface area contributed by atoms with Crippen LogP contribution in [-0.4, -0.2) is 28.6 Å². The SMILES string of the molecule is Cc1cnc(C(C)(C)NC(C)CNc2nc(CNC(C)C)cs2)s1. The zero-order valence-corrected chi connectivity index (χ0v) is 17.1. The number of aromatic nitrogens is 2. The van der Waals surface area contributed by atoms with Crippen molar-refractivity contribution in [3.63, 3.8) is 0 Å². The minimum atomic E-state index is -0.130. The summed E-state index contributed by atoms with van der Waals surface area (Å²) in [4.78, 5) is 10.4. The van der Waals surface area contributed by atoms with Gasteiger partial charge < -0.3 is 16.0 Å². The van der Waals surface area contributed by atoms with Crippen molar-refractivity contribution < 1.29 is 0 Å². The molecular formula is C17H29N5S2. The molecule has 1 unspecified atom stereocenters. The Bertz CT molecular complexity index is 632. The average molecular weight is 368 g/mol. The first-order valence-electron chi connectivity index (χ1n) is 8.38. The first-order valence-corrected chi connectivity index (χ1v) is 10.1. The van der Waals surface area contributed by atoms with Crippen molar-refractivity contribution in [1.29, 1.82) is 0 Å². The molecule has 2 heterocycles. The molecule has 0 aliphatic rings. The molecule has 1 atom stereocenters. The standard InChI is InChI=1S/C17H29N5S2/c1-11(2)18-9-14-10-23-16(21-14)20-7-12(3)22-17(5,6)15-19-8-13(4)24-15/h8,10-12,18,22H,7,9H2,1-6H3,(H,20,21). The average Bonchev–Trinajstić information content (AvgIpc) is 3.11. The van der Waals surface area contributed by atoms with Crippen molar-refractivity contribution in [2.75, 3.05) is 11.9 Å². The molecule has 5 nitrogen and oxygen atoms in total. The summed E-state index contributed by atoms with van der Waals surface area (Å²) in [7, 11) is 0. The largest absolute Gasteiger partial charge is 0.360 e. The van der Waals surface area contributed by atoms with Crippen molar-refractivity contribution in [3.8, 4) is 0 Å². The molecule has 3 N–H and O–H groups in total. The van der Waals surface area contributed by atoms with E-state index in [0.29, 0.717) is 12.1 Å². The van der Waals surface area contributed by atoms with Crippen LogP contribution in [0.4, 0.5) is 5.13 Å². The molecule has 0 fully saturated rings. The Kier molecular flexibility index (Phi) is 6.74. The molecule has 24 heavy (non-hydrogen) atoms. The van der Waals surface area contributed by atoms with Crippen molar-refractivity contribution in [3.05, 3.63) is 27.2 Å². The van der Waals surface area contributed by atoms with Crippen LogP contribution in [0.1, 0.15) is 50.2 Å². The summed E-state index contributed by atoms with van der Waals surface area (Å²) in [6.07, 6.45) is 1.94. The highest BCUT2D eigenvalue weighted by Crippen LogP contribution is 2.25. The molecule has 0 radical (unpaired) electrons.